The van der Waals surface area contributed by atoms with Crippen molar-refractivity contribution in [3.05, 3.63) is 57.9 Å². The van der Waals surface area contributed by atoms with Gasteiger partial charge in [0.2, 0.25) is 0 Å². The van der Waals surface area contributed by atoms with E-state index in [4.69, 9.17) is 9.15 Å². The highest BCUT2D eigenvalue weighted by Crippen LogP contribution is 2.19. The maximum Gasteiger partial charge on any atom is 0.345 e. The van der Waals surface area contributed by atoms with Crippen LogP contribution in [-0.2, 0) is 4.74 Å². The molecule has 0 amide bonds. The average molecular weight is 258 g/mol. The summed E-state index contributed by atoms with van der Waals surface area (Å²) in [7, 11) is 0. The highest BCUT2D eigenvalue weighted by atomic mass is 16.5. The molecule has 1 aromatic heterocycles. The lowest BCUT2D eigenvalue weighted by Crippen LogP contribution is -2.18. The number of rotatable bonds is 3. The van der Waals surface area contributed by atoms with Crippen molar-refractivity contribution in [2.75, 3.05) is 6.61 Å². The van der Waals surface area contributed by atoms with Crippen molar-refractivity contribution < 1.29 is 13.9 Å². The van der Waals surface area contributed by atoms with Crippen LogP contribution in [0.2, 0.25) is 0 Å². The van der Waals surface area contributed by atoms with Crippen molar-refractivity contribution in [2.45, 2.75) is 13.8 Å². The Morgan fingerprint density at radius 1 is 1.26 bits per heavy atom. The second-order valence-electron chi connectivity index (χ2n) is 3.99. The maximum absolute atomic E-state index is 12.0. The predicted octanol–water partition coefficient (Wildman–Crippen LogP) is 2.79. The fourth-order valence-electron chi connectivity index (χ4n) is 1.80. The molecule has 0 aliphatic heterocycles. The molecule has 4 heteroatoms. The van der Waals surface area contributed by atoms with Gasteiger partial charge in [-0.05, 0) is 13.8 Å². The first-order valence-corrected chi connectivity index (χ1v) is 6.00. The van der Waals surface area contributed by atoms with E-state index in [1.807, 2.05) is 30.3 Å². The lowest BCUT2D eigenvalue weighted by Gasteiger charge is -2.06. The molecule has 1 aromatic carbocycles. The fourth-order valence-corrected chi connectivity index (χ4v) is 1.80. The van der Waals surface area contributed by atoms with Crippen LogP contribution in [0.4, 0.5) is 0 Å². The maximum atomic E-state index is 12.0. The number of esters is 1. The minimum atomic E-state index is -0.645. The molecule has 0 unspecified atom stereocenters. The Morgan fingerprint density at radius 2 is 1.95 bits per heavy atom. The summed E-state index contributed by atoms with van der Waals surface area (Å²) in [4.78, 5) is 23.6. The molecule has 0 atom stereocenters. The van der Waals surface area contributed by atoms with Gasteiger partial charge < -0.3 is 9.15 Å². The minimum absolute atomic E-state index is 0.0402. The Balaban J connectivity index is 2.49. The van der Waals surface area contributed by atoms with Gasteiger partial charge in [-0.3, -0.25) is 4.79 Å². The topological polar surface area (TPSA) is 56.5 Å². The lowest BCUT2D eigenvalue weighted by atomic mass is 10.1. The van der Waals surface area contributed by atoms with Crippen LogP contribution in [0.15, 0.2) is 45.6 Å². The molecule has 0 bridgehead atoms. The molecular weight excluding hydrogens is 244 g/mol. The number of hydrogen-bond acceptors (Lipinski definition) is 4. The molecule has 1 heterocycles. The largest absolute Gasteiger partial charge is 0.462 e. The van der Waals surface area contributed by atoms with E-state index in [1.165, 1.54) is 6.07 Å². The molecule has 0 fully saturated rings. The van der Waals surface area contributed by atoms with Gasteiger partial charge >= 0.3 is 5.97 Å². The van der Waals surface area contributed by atoms with Crippen molar-refractivity contribution in [1.29, 1.82) is 0 Å². The lowest BCUT2D eigenvalue weighted by molar-refractivity contribution is 0.0520. The van der Waals surface area contributed by atoms with Crippen molar-refractivity contribution in [3.8, 4) is 11.3 Å². The van der Waals surface area contributed by atoms with Gasteiger partial charge in [0.25, 0.3) is 0 Å². The monoisotopic (exact) mass is 258 g/mol. The Labute approximate surface area is 110 Å². The van der Waals surface area contributed by atoms with Crippen LogP contribution in [0.25, 0.3) is 11.3 Å². The Hall–Kier alpha value is -2.36. The normalized spacial score (nSPS) is 10.2. The van der Waals surface area contributed by atoms with Crippen LogP contribution in [-0.4, -0.2) is 12.6 Å². The molecular formula is C15H14O4. The first-order valence-electron chi connectivity index (χ1n) is 6.00. The van der Waals surface area contributed by atoms with Crippen molar-refractivity contribution in [3.63, 3.8) is 0 Å². The van der Waals surface area contributed by atoms with Gasteiger partial charge in [-0.25, -0.2) is 4.79 Å². The van der Waals surface area contributed by atoms with Gasteiger partial charge in [-0.2, -0.15) is 0 Å². The van der Waals surface area contributed by atoms with Gasteiger partial charge in [0.05, 0.1) is 6.61 Å². The van der Waals surface area contributed by atoms with Crippen LogP contribution in [0.5, 0.6) is 0 Å². The highest BCUT2D eigenvalue weighted by molar-refractivity contribution is 5.90. The summed E-state index contributed by atoms with van der Waals surface area (Å²) >= 11 is 0. The summed E-state index contributed by atoms with van der Waals surface area (Å²) in [6, 6.07) is 10.6. The zero-order chi connectivity index (χ0) is 13.8. The fraction of sp³-hybridized carbons (Fsp3) is 0.200. The van der Waals surface area contributed by atoms with E-state index < -0.39 is 5.97 Å². The van der Waals surface area contributed by atoms with E-state index in [2.05, 4.69) is 0 Å². The number of carbonyl (C=O) groups excluding carboxylic acids is 1. The van der Waals surface area contributed by atoms with Crippen molar-refractivity contribution >= 4 is 5.97 Å². The summed E-state index contributed by atoms with van der Waals surface area (Å²) in [5.41, 5.74) is 0.362. The average Bonchev–Trinajstić information content (AvgIpc) is 2.39. The zero-order valence-electron chi connectivity index (χ0n) is 10.8. The number of aryl methyl sites for hydroxylation is 1. The van der Waals surface area contributed by atoms with E-state index in [0.717, 1.165) is 5.56 Å². The minimum Gasteiger partial charge on any atom is -0.462 e. The molecule has 0 aliphatic rings. The molecule has 0 radical (unpaired) electrons. The third-order valence-electron chi connectivity index (χ3n) is 2.66. The summed E-state index contributed by atoms with van der Waals surface area (Å²) in [5.74, 6) is 0.0642. The summed E-state index contributed by atoms with van der Waals surface area (Å²) in [6.45, 7) is 3.49. The number of hydrogen-bond donors (Lipinski definition) is 0. The molecule has 2 aromatic rings. The van der Waals surface area contributed by atoms with E-state index in [9.17, 15) is 9.59 Å². The van der Waals surface area contributed by atoms with Gasteiger partial charge in [-0.15, -0.1) is 0 Å². The van der Waals surface area contributed by atoms with E-state index >= 15 is 0 Å². The number of ether oxygens (including phenoxy) is 1. The molecule has 4 nitrogen and oxygen atoms in total. The van der Waals surface area contributed by atoms with E-state index in [0.29, 0.717) is 5.76 Å². The predicted molar refractivity (Wildman–Crippen MR) is 71.1 cm³/mol. The first-order chi connectivity index (χ1) is 9.13. The molecule has 0 saturated heterocycles. The quantitative estimate of drug-likeness (QED) is 0.794. The van der Waals surface area contributed by atoms with Crippen LogP contribution >= 0.6 is 0 Å². The van der Waals surface area contributed by atoms with Crippen LogP contribution < -0.4 is 5.43 Å². The van der Waals surface area contributed by atoms with Crippen LogP contribution in [0, 0.1) is 6.92 Å². The van der Waals surface area contributed by atoms with E-state index in [1.54, 1.807) is 13.8 Å². The Morgan fingerprint density at radius 3 is 2.53 bits per heavy atom. The van der Waals surface area contributed by atoms with Crippen molar-refractivity contribution in [2.24, 2.45) is 0 Å². The van der Waals surface area contributed by atoms with Gasteiger partial charge in [0.1, 0.15) is 17.1 Å². The second-order valence-corrected chi connectivity index (χ2v) is 3.99. The molecule has 0 saturated carbocycles. The number of carbonyl (C=O) groups is 1. The van der Waals surface area contributed by atoms with Gasteiger partial charge in [0.15, 0.2) is 5.43 Å². The molecule has 0 spiro atoms. The molecule has 2 rings (SSSR count). The highest BCUT2D eigenvalue weighted by Gasteiger charge is 2.18. The second kappa shape index (κ2) is 5.52. The zero-order valence-corrected chi connectivity index (χ0v) is 10.8. The molecule has 0 N–H and O–H groups in total. The molecule has 19 heavy (non-hydrogen) atoms. The third-order valence-corrected chi connectivity index (χ3v) is 2.66. The van der Waals surface area contributed by atoms with E-state index in [-0.39, 0.29) is 23.4 Å². The summed E-state index contributed by atoms with van der Waals surface area (Å²) < 4.78 is 10.4. The Bertz CT molecular complexity index is 641. The number of benzene rings is 1. The standard InChI is InChI=1S/C15H14O4/c1-3-18-15(17)14-10(2)19-13(9-12(14)16)11-7-5-4-6-8-11/h4-9H,3H2,1-2H3. The molecule has 0 aliphatic carbocycles. The smallest absolute Gasteiger partial charge is 0.345 e. The van der Waals surface area contributed by atoms with Crippen molar-refractivity contribution in [1.82, 2.24) is 0 Å². The van der Waals surface area contributed by atoms with Crippen LogP contribution in [0.1, 0.15) is 23.0 Å². The summed E-state index contributed by atoms with van der Waals surface area (Å²) in [5, 5.41) is 0. The van der Waals surface area contributed by atoms with Crippen LogP contribution in [0.3, 0.4) is 0 Å². The SMILES string of the molecule is CCOC(=O)c1c(C)oc(-c2ccccc2)cc1=O. The third kappa shape index (κ3) is 2.73. The Kier molecular flexibility index (Phi) is 3.80. The van der Waals surface area contributed by atoms with Gasteiger partial charge in [0, 0.05) is 11.6 Å². The summed E-state index contributed by atoms with van der Waals surface area (Å²) in [6.07, 6.45) is 0. The molecule has 98 valence electrons. The first kappa shape index (κ1) is 13.1. The van der Waals surface area contributed by atoms with Gasteiger partial charge in [-0.1, -0.05) is 30.3 Å².